The molecule has 0 unspecified atom stereocenters. The van der Waals surface area contributed by atoms with Gasteiger partial charge in [-0.3, -0.25) is 0 Å². The molecule has 0 bridgehead atoms. The van der Waals surface area contributed by atoms with E-state index in [1.807, 2.05) is 55.8 Å². The smallest absolute Gasteiger partial charge is 0.200 e. The molecular weight excluding hydrogens is 370 g/mol. The van der Waals surface area contributed by atoms with Crippen LogP contribution < -0.4 is 10.6 Å². The van der Waals surface area contributed by atoms with Crippen LogP contribution in [0.4, 0.5) is 11.4 Å². The summed E-state index contributed by atoms with van der Waals surface area (Å²) in [5.74, 6) is 0.383. The topological polar surface area (TPSA) is 41.6 Å². The van der Waals surface area contributed by atoms with Gasteiger partial charge in [-0.1, -0.05) is 39.7 Å². The van der Waals surface area contributed by atoms with E-state index >= 15 is 0 Å². The van der Waals surface area contributed by atoms with Gasteiger partial charge in [-0.25, -0.2) is 4.99 Å². The van der Waals surface area contributed by atoms with E-state index in [1.165, 1.54) is 0 Å². The monoisotopic (exact) mass is 383 g/mol. The van der Waals surface area contributed by atoms with Gasteiger partial charge in [0.1, 0.15) is 0 Å². The summed E-state index contributed by atoms with van der Waals surface area (Å²) in [5.41, 5.74) is 7.70. The highest BCUT2D eigenvalue weighted by atomic mass is 79.9. The highest BCUT2D eigenvalue weighted by Gasteiger charge is 2.12. The summed E-state index contributed by atoms with van der Waals surface area (Å²) in [4.78, 5) is 7.21. The van der Waals surface area contributed by atoms with Crippen LogP contribution in [0.3, 0.4) is 0 Å². The number of aliphatic imine (C=N–C) groups is 1. The molecule has 0 atom stereocenters. The molecule has 0 aliphatic rings. The van der Waals surface area contributed by atoms with Crippen molar-refractivity contribution >= 4 is 56.6 Å². The molecule has 0 aliphatic carbocycles. The van der Waals surface area contributed by atoms with Crippen molar-refractivity contribution in [1.82, 2.24) is 0 Å². The van der Waals surface area contributed by atoms with Crippen molar-refractivity contribution in [2.75, 3.05) is 18.2 Å². The number of anilines is 1. The molecule has 110 valence electrons. The summed E-state index contributed by atoms with van der Waals surface area (Å²) in [6.45, 7) is 0. The molecule has 2 aromatic carbocycles. The molecule has 0 aliphatic heterocycles. The molecule has 2 N–H and O–H groups in total. The number of hydrogen-bond donors (Lipinski definition) is 1. The molecule has 2 rings (SSSR count). The van der Waals surface area contributed by atoms with Gasteiger partial charge in [-0.15, -0.1) is 11.8 Å². The van der Waals surface area contributed by atoms with Crippen LogP contribution in [0.25, 0.3) is 0 Å². The van der Waals surface area contributed by atoms with Gasteiger partial charge in [0.2, 0.25) is 5.96 Å². The Morgan fingerprint density at radius 2 is 2.00 bits per heavy atom. The maximum Gasteiger partial charge on any atom is 0.200 e. The summed E-state index contributed by atoms with van der Waals surface area (Å²) in [7, 11) is 1.85. The fraction of sp³-hybridized carbons (Fsp3) is 0.133. The van der Waals surface area contributed by atoms with Crippen LogP contribution in [0.5, 0.6) is 0 Å². The lowest BCUT2D eigenvalue weighted by atomic mass is 10.3. The number of thioether (sulfide) groups is 1. The van der Waals surface area contributed by atoms with E-state index < -0.39 is 0 Å². The van der Waals surface area contributed by atoms with Gasteiger partial charge < -0.3 is 10.6 Å². The van der Waals surface area contributed by atoms with Crippen molar-refractivity contribution in [2.45, 2.75) is 4.90 Å². The van der Waals surface area contributed by atoms with E-state index in [-0.39, 0.29) is 0 Å². The predicted molar refractivity (Wildman–Crippen MR) is 97.1 cm³/mol. The molecular formula is C15H15BrClN3S. The number of halogens is 2. The van der Waals surface area contributed by atoms with Crippen LogP contribution in [-0.4, -0.2) is 19.3 Å². The fourth-order valence-corrected chi connectivity index (χ4v) is 3.16. The molecule has 0 amide bonds. The molecule has 0 fully saturated rings. The molecule has 21 heavy (non-hydrogen) atoms. The van der Waals surface area contributed by atoms with Crippen LogP contribution in [0, 0.1) is 0 Å². The lowest BCUT2D eigenvalue weighted by Crippen LogP contribution is -2.33. The van der Waals surface area contributed by atoms with Crippen molar-refractivity contribution in [3.05, 3.63) is 52.0 Å². The average Bonchev–Trinajstić information content (AvgIpc) is 2.47. The van der Waals surface area contributed by atoms with E-state index in [0.29, 0.717) is 11.0 Å². The molecule has 0 radical (unpaired) electrons. The van der Waals surface area contributed by atoms with Gasteiger partial charge >= 0.3 is 0 Å². The third-order valence-electron chi connectivity index (χ3n) is 2.92. The second-order valence-electron chi connectivity index (χ2n) is 4.30. The number of nitrogens with two attached hydrogens (primary N) is 1. The highest BCUT2D eigenvalue weighted by molar-refractivity contribution is 9.10. The standard InChI is InChI=1S/C15H15BrClN3S/c1-20(12-7-4-8-13(21-2)14(12)17)15(18)19-11-6-3-5-10(16)9-11/h3-9H,1-2H3,(H2,18,19). The first-order valence-corrected chi connectivity index (χ1v) is 8.58. The highest BCUT2D eigenvalue weighted by Crippen LogP contribution is 2.33. The molecule has 2 aromatic rings. The summed E-state index contributed by atoms with van der Waals surface area (Å²) >= 11 is 11.4. The Balaban J connectivity index is 2.33. The average molecular weight is 385 g/mol. The summed E-state index contributed by atoms with van der Waals surface area (Å²) < 4.78 is 0.960. The van der Waals surface area contributed by atoms with E-state index in [9.17, 15) is 0 Å². The van der Waals surface area contributed by atoms with Crippen molar-refractivity contribution < 1.29 is 0 Å². The number of hydrogen-bond acceptors (Lipinski definition) is 2. The largest absolute Gasteiger partial charge is 0.369 e. The maximum atomic E-state index is 6.40. The van der Waals surface area contributed by atoms with Crippen molar-refractivity contribution in [3.63, 3.8) is 0 Å². The van der Waals surface area contributed by atoms with E-state index in [1.54, 1.807) is 16.7 Å². The fourth-order valence-electron chi connectivity index (χ4n) is 1.79. The second-order valence-corrected chi connectivity index (χ2v) is 6.44. The lowest BCUT2D eigenvalue weighted by Gasteiger charge is -2.20. The molecule has 0 heterocycles. The first kappa shape index (κ1) is 16.2. The Morgan fingerprint density at radius 3 is 2.67 bits per heavy atom. The zero-order valence-electron chi connectivity index (χ0n) is 11.7. The second kappa shape index (κ2) is 7.20. The van der Waals surface area contributed by atoms with Crippen molar-refractivity contribution in [3.8, 4) is 0 Å². The number of rotatable bonds is 3. The maximum absolute atomic E-state index is 6.40. The van der Waals surface area contributed by atoms with E-state index in [0.717, 1.165) is 20.7 Å². The molecule has 3 nitrogen and oxygen atoms in total. The third kappa shape index (κ3) is 3.93. The minimum Gasteiger partial charge on any atom is -0.369 e. The summed E-state index contributed by atoms with van der Waals surface area (Å²) in [6.07, 6.45) is 1.99. The van der Waals surface area contributed by atoms with Gasteiger partial charge in [0.05, 0.1) is 16.4 Å². The Morgan fingerprint density at radius 1 is 1.29 bits per heavy atom. The quantitative estimate of drug-likeness (QED) is 0.464. The number of guanidine groups is 1. The van der Waals surface area contributed by atoms with Gasteiger partial charge in [0.15, 0.2) is 0 Å². The first-order chi connectivity index (χ1) is 10.0. The van der Waals surface area contributed by atoms with Gasteiger partial charge in [-0.2, -0.15) is 0 Å². The first-order valence-electron chi connectivity index (χ1n) is 6.19. The molecule has 0 aromatic heterocycles. The van der Waals surface area contributed by atoms with Crippen molar-refractivity contribution in [1.29, 1.82) is 0 Å². The number of nitrogens with zero attached hydrogens (tertiary/aromatic N) is 2. The van der Waals surface area contributed by atoms with Crippen LogP contribution in [0.2, 0.25) is 5.02 Å². The Bertz CT molecular complexity index is 676. The van der Waals surface area contributed by atoms with Gasteiger partial charge in [0.25, 0.3) is 0 Å². The van der Waals surface area contributed by atoms with Crippen LogP contribution >= 0.6 is 39.3 Å². The SMILES string of the molecule is CSc1cccc(N(C)C(N)=Nc2cccc(Br)c2)c1Cl. The van der Waals surface area contributed by atoms with Crippen LogP contribution in [-0.2, 0) is 0 Å². The Kier molecular flexibility index (Phi) is 5.56. The minimum absolute atomic E-state index is 0.383. The van der Waals surface area contributed by atoms with Crippen LogP contribution in [0.1, 0.15) is 0 Å². The molecule has 6 heteroatoms. The predicted octanol–water partition coefficient (Wildman–Crippen LogP) is 4.91. The molecule has 0 spiro atoms. The molecule has 0 saturated carbocycles. The summed E-state index contributed by atoms with van der Waals surface area (Å²) in [6, 6.07) is 13.5. The molecule has 0 saturated heterocycles. The zero-order chi connectivity index (χ0) is 15.4. The van der Waals surface area contributed by atoms with E-state index in [4.69, 9.17) is 17.3 Å². The summed E-state index contributed by atoms with van der Waals surface area (Å²) in [5, 5.41) is 0.680. The zero-order valence-corrected chi connectivity index (χ0v) is 14.8. The number of benzene rings is 2. The van der Waals surface area contributed by atoms with E-state index in [2.05, 4.69) is 20.9 Å². The minimum atomic E-state index is 0.383. The lowest BCUT2D eigenvalue weighted by molar-refractivity contribution is 1.20. The van der Waals surface area contributed by atoms with Crippen molar-refractivity contribution in [2.24, 2.45) is 10.7 Å². The third-order valence-corrected chi connectivity index (χ3v) is 4.70. The Labute approximate surface area is 142 Å². The van der Waals surface area contributed by atoms with Gasteiger partial charge in [0, 0.05) is 16.4 Å². The van der Waals surface area contributed by atoms with Crippen LogP contribution in [0.15, 0.2) is 56.8 Å². The normalized spacial score (nSPS) is 11.5. The van der Waals surface area contributed by atoms with Gasteiger partial charge in [-0.05, 0) is 36.6 Å². The Hall–Kier alpha value is -1.17.